The number of hydrogen-bond donors (Lipinski definition) is 0. The lowest BCUT2D eigenvalue weighted by Crippen LogP contribution is -2.07. The number of fused-ring (bicyclic) bond motifs is 1. The molecular weight excluding hydrogens is 284 g/mol. The third-order valence-corrected chi connectivity index (χ3v) is 3.88. The maximum absolute atomic E-state index is 5.92. The first kappa shape index (κ1) is 16.3. The molecule has 0 bridgehead atoms. The van der Waals surface area contributed by atoms with Crippen molar-refractivity contribution in [2.24, 2.45) is 0 Å². The van der Waals surface area contributed by atoms with Crippen LogP contribution in [0.4, 0.5) is 0 Å². The summed E-state index contributed by atoms with van der Waals surface area (Å²) in [4.78, 5) is 4.77. The molecule has 2 aromatic rings. The van der Waals surface area contributed by atoms with Gasteiger partial charge in [0.05, 0.1) is 11.0 Å². The van der Waals surface area contributed by atoms with Crippen LogP contribution < -0.4 is 0 Å². The molecule has 1 aromatic heterocycles. The van der Waals surface area contributed by atoms with Crippen LogP contribution in [0.3, 0.4) is 0 Å². The monoisotopic (exact) mass is 308 g/mol. The minimum Gasteiger partial charge on any atom is -0.381 e. The quantitative estimate of drug-likeness (QED) is 0.509. The second kappa shape index (κ2) is 8.40. The fourth-order valence-corrected chi connectivity index (χ4v) is 2.70. The van der Waals surface area contributed by atoms with Crippen LogP contribution >= 0.6 is 11.6 Å². The van der Waals surface area contributed by atoms with Crippen molar-refractivity contribution in [3.05, 3.63) is 29.6 Å². The molecule has 0 radical (unpaired) electrons. The summed E-state index contributed by atoms with van der Waals surface area (Å²) in [6.45, 7) is 6.92. The molecule has 0 aliphatic heterocycles. The van der Waals surface area contributed by atoms with Crippen LogP contribution in [-0.2, 0) is 17.7 Å². The highest BCUT2D eigenvalue weighted by Crippen LogP contribution is 2.20. The van der Waals surface area contributed by atoms with E-state index >= 15 is 0 Å². The largest absolute Gasteiger partial charge is 0.381 e. The van der Waals surface area contributed by atoms with Gasteiger partial charge in [-0.1, -0.05) is 25.5 Å². The van der Waals surface area contributed by atoms with Crippen LogP contribution in [-0.4, -0.2) is 28.6 Å². The number of halogens is 1. The highest BCUT2D eigenvalue weighted by atomic mass is 35.5. The van der Waals surface area contributed by atoms with Crippen LogP contribution in [0.15, 0.2) is 18.2 Å². The first-order valence-electron chi connectivity index (χ1n) is 7.86. The van der Waals surface area contributed by atoms with Gasteiger partial charge in [0.1, 0.15) is 5.82 Å². The Hall–Kier alpha value is -1.06. The molecule has 0 fully saturated rings. The summed E-state index contributed by atoms with van der Waals surface area (Å²) in [6.07, 6.45) is 4.15. The number of ether oxygens (including phenoxy) is 1. The van der Waals surface area contributed by atoms with Gasteiger partial charge in [0.2, 0.25) is 0 Å². The normalized spacial score (nSPS) is 11.4. The predicted octanol–water partition coefficient (Wildman–Crippen LogP) is 4.33. The van der Waals surface area contributed by atoms with Gasteiger partial charge in [-0.15, -0.1) is 11.6 Å². The Labute approximate surface area is 132 Å². The number of aryl methyl sites for hydroxylation is 3. The second-order valence-corrected chi connectivity index (χ2v) is 5.76. The van der Waals surface area contributed by atoms with Crippen molar-refractivity contribution < 1.29 is 4.74 Å². The lowest BCUT2D eigenvalue weighted by atomic mass is 10.2. The van der Waals surface area contributed by atoms with Crippen LogP contribution in [0.1, 0.15) is 37.6 Å². The molecule has 116 valence electrons. The standard InChI is InChI=1S/C17H25ClN2O/c1-3-4-12-21-13-6-11-20-15-8-5-7-14(2)17(15)19-16(20)9-10-18/h5,7-8H,3-4,6,9-13H2,1-2H3. The number of rotatable bonds is 9. The van der Waals surface area contributed by atoms with Gasteiger partial charge >= 0.3 is 0 Å². The van der Waals surface area contributed by atoms with Crippen molar-refractivity contribution in [3.8, 4) is 0 Å². The molecule has 0 saturated carbocycles. The SMILES string of the molecule is CCCCOCCCn1c(CCCl)nc2c(C)cccc21. The Morgan fingerprint density at radius 2 is 2.05 bits per heavy atom. The van der Waals surface area contributed by atoms with Gasteiger partial charge < -0.3 is 9.30 Å². The Morgan fingerprint density at radius 1 is 1.24 bits per heavy atom. The fourth-order valence-electron chi connectivity index (χ4n) is 2.53. The van der Waals surface area contributed by atoms with Crippen LogP contribution in [0, 0.1) is 6.92 Å². The van der Waals surface area contributed by atoms with Gasteiger partial charge in [-0.2, -0.15) is 0 Å². The summed E-state index contributed by atoms with van der Waals surface area (Å²) in [7, 11) is 0. The Morgan fingerprint density at radius 3 is 2.81 bits per heavy atom. The number of benzene rings is 1. The smallest absolute Gasteiger partial charge is 0.111 e. The Bertz CT molecular complexity index is 565. The number of unbranched alkanes of at least 4 members (excludes halogenated alkanes) is 1. The van der Waals surface area contributed by atoms with E-state index in [1.165, 1.54) is 17.5 Å². The molecule has 0 spiro atoms. The highest BCUT2D eigenvalue weighted by Gasteiger charge is 2.11. The molecule has 0 amide bonds. The predicted molar refractivity (Wildman–Crippen MR) is 89.2 cm³/mol. The van der Waals surface area contributed by atoms with Crippen molar-refractivity contribution in [1.82, 2.24) is 9.55 Å². The summed E-state index contributed by atoms with van der Waals surface area (Å²) in [5, 5.41) is 0. The first-order valence-corrected chi connectivity index (χ1v) is 8.39. The summed E-state index contributed by atoms with van der Waals surface area (Å²) < 4.78 is 7.95. The lowest BCUT2D eigenvalue weighted by molar-refractivity contribution is 0.126. The number of imidazole rings is 1. The van der Waals surface area contributed by atoms with Crippen LogP contribution in [0.5, 0.6) is 0 Å². The second-order valence-electron chi connectivity index (χ2n) is 5.38. The van der Waals surface area contributed by atoms with Crippen molar-refractivity contribution in [2.75, 3.05) is 19.1 Å². The zero-order valence-corrected chi connectivity index (χ0v) is 13.8. The molecule has 0 aliphatic rings. The molecule has 0 unspecified atom stereocenters. The average molecular weight is 309 g/mol. The maximum atomic E-state index is 5.92. The summed E-state index contributed by atoms with van der Waals surface area (Å²) in [5.74, 6) is 1.69. The Kier molecular flexibility index (Phi) is 6.52. The number of hydrogen-bond acceptors (Lipinski definition) is 2. The summed E-state index contributed by atoms with van der Waals surface area (Å²) in [5.41, 5.74) is 3.54. The van der Waals surface area contributed by atoms with Crippen molar-refractivity contribution >= 4 is 22.6 Å². The molecule has 0 atom stereocenters. The van der Waals surface area contributed by atoms with Crippen molar-refractivity contribution in [3.63, 3.8) is 0 Å². The van der Waals surface area contributed by atoms with E-state index in [0.29, 0.717) is 5.88 Å². The first-order chi connectivity index (χ1) is 10.3. The minimum absolute atomic E-state index is 0.607. The van der Waals surface area contributed by atoms with E-state index in [-0.39, 0.29) is 0 Å². The average Bonchev–Trinajstić information content (AvgIpc) is 2.83. The number of aromatic nitrogens is 2. The van der Waals surface area contributed by atoms with E-state index in [1.807, 2.05) is 0 Å². The molecule has 4 heteroatoms. The molecule has 21 heavy (non-hydrogen) atoms. The maximum Gasteiger partial charge on any atom is 0.111 e. The van der Waals surface area contributed by atoms with E-state index < -0.39 is 0 Å². The van der Waals surface area contributed by atoms with Crippen molar-refractivity contribution in [2.45, 2.75) is 46.1 Å². The number of alkyl halides is 1. The van der Waals surface area contributed by atoms with E-state index in [1.54, 1.807) is 0 Å². The summed E-state index contributed by atoms with van der Waals surface area (Å²) >= 11 is 5.92. The number of para-hydroxylation sites is 1. The Balaban J connectivity index is 2.06. The van der Waals surface area contributed by atoms with Gasteiger partial charge in [0.15, 0.2) is 0 Å². The van der Waals surface area contributed by atoms with Gasteiger partial charge in [-0.3, -0.25) is 0 Å². The molecule has 0 aliphatic carbocycles. The van der Waals surface area contributed by atoms with Gasteiger partial charge in [0, 0.05) is 32.1 Å². The van der Waals surface area contributed by atoms with E-state index in [2.05, 4.69) is 36.6 Å². The molecular formula is C17H25ClN2O. The molecule has 0 N–H and O–H groups in total. The van der Waals surface area contributed by atoms with Gasteiger partial charge in [-0.25, -0.2) is 4.98 Å². The molecule has 1 aromatic carbocycles. The minimum atomic E-state index is 0.607. The molecule has 3 nitrogen and oxygen atoms in total. The third kappa shape index (κ3) is 4.21. The molecule has 2 rings (SSSR count). The van der Waals surface area contributed by atoms with E-state index in [9.17, 15) is 0 Å². The molecule has 1 heterocycles. The number of nitrogens with zero attached hydrogens (tertiary/aromatic N) is 2. The van der Waals surface area contributed by atoms with E-state index in [0.717, 1.165) is 50.4 Å². The fraction of sp³-hybridized carbons (Fsp3) is 0.588. The summed E-state index contributed by atoms with van der Waals surface area (Å²) in [6, 6.07) is 6.35. The zero-order valence-electron chi connectivity index (χ0n) is 13.1. The van der Waals surface area contributed by atoms with Crippen LogP contribution in [0.2, 0.25) is 0 Å². The lowest BCUT2D eigenvalue weighted by Gasteiger charge is -2.09. The van der Waals surface area contributed by atoms with E-state index in [4.69, 9.17) is 21.3 Å². The zero-order chi connectivity index (χ0) is 15.1. The van der Waals surface area contributed by atoms with Crippen LogP contribution in [0.25, 0.3) is 11.0 Å². The third-order valence-electron chi connectivity index (χ3n) is 3.69. The topological polar surface area (TPSA) is 27.1 Å². The molecule has 0 saturated heterocycles. The van der Waals surface area contributed by atoms with Gasteiger partial charge in [-0.05, 0) is 31.4 Å². The van der Waals surface area contributed by atoms with Gasteiger partial charge in [0.25, 0.3) is 0 Å². The highest BCUT2D eigenvalue weighted by molar-refractivity contribution is 6.17. The van der Waals surface area contributed by atoms with Crippen molar-refractivity contribution in [1.29, 1.82) is 0 Å².